The normalized spacial score (nSPS) is 11.1. The number of benzene rings is 2. The summed E-state index contributed by atoms with van der Waals surface area (Å²) in [6, 6.07) is 14.8. The zero-order valence-electron chi connectivity index (χ0n) is 14.6. The van der Waals surface area contributed by atoms with E-state index in [1.165, 1.54) is 18.0 Å². The smallest absolute Gasteiger partial charge is 0.240 e. The van der Waals surface area contributed by atoms with Crippen LogP contribution in [0.1, 0.15) is 18.4 Å². The summed E-state index contributed by atoms with van der Waals surface area (Å²) in [5.74, 6) is 0.516. The number of rotatable bonds is 8. The molecule has 0 aliphatic rings. The van der Waals surface area contributed by atoms with Gasteiger partial charge in [0.25, 0.3) is 0 Å². The molecule has 0 saturated carbocycles. The maximum atomic E-state index is 11.9. The summed E-state index contributed by atoms with van der Waals surface area (Å²) < 4.78 is 1.67. The Kier molecular flexibility index (Phi) is 7.41. The molecule has 1 aromatic heterocycles. The minimum atomic E-state index is -0.183. The van der Waals surface area contributed by atoms with Crippen molar-refractivity contribution in [3.05, 3.63) is 64.1 Å². The zero-order valence-corrected chi connectivity index (χ0v) is 17.0. The molecule has 0 aliphatic heterocycles. The van der Waals surface area contributed by atoms with Gasteiger partial charge in [0, 0.05) is 17.7 Å². The van der Waals surface area contributed by atoms with E-state index in [2.05, 4.69) is 26.1 Å². The first-order chi connectivity index (χ1) is 13.6. The van der Waals surface area contributed by atoms with Gasteiger partial charge in [0.2, 0.25) is 11.1 Å². The first-order valence-corrected chi connectivity index (χ1v) is 10.1. The van der Waals surface area contributed by atoms with Gasteiger partial charge in [-0.05, 0) is 35.0 Å². The third kappa shape index (κ3) is 5.54. The number of nitrogens with zero attached hydrogens (tertiary/aromatic N) is 5. The van der Waals surface area contributed by atoms with Gasteiger partial charge in [0.1, 0.15) is 0 Å². The summed E-state index contributed by atoms with van der Waals surface area (Å²) in [7, 11) is 0. The van der Waals surface area contributed by atoms with Gasteiger partial charge in [-0.1, -0.05) is 65.3 Å². The number of halogens is 2. The topological polar surface area (TPSA) is 85.1 Å². The van der Waals surface area contributed by atoms with Crippen LogP contribution in [-0.2, 0) is 4.79 Å². The third-order valence-electron chi connectivity index (χ3n) is 3.60. The van der Waals surface area contributed by atoms with Crippen LogP contribution in [0.25, 0.3) is 5.69 Å². The highest BCUT2D eigenvalue weighted by Crippen LogP contribution is 2.24. The average Bonchev–Trinajstić information content (AvgIpc) is 3.18. The van der Waals surface area contributed by atoms with E-state index in [4.69, 9.17) is 23.2 Å². The van der Waals surface area contributed by atoms with Crippen molar-refractivity contribution in [2.24, 2.45) is 5.10 Å². The fraction of sp³-hybridized carbons (Fsp3) is 0.167. The fourth-order valence-corrected chi connectivity index (χ4v) is 3.43. The number of para-hydroxylation sites is 1. The number of carbonyl (C=O) groups excluding carboxylic acids is 1. The van der Waals surface area contributed by atoms with Gasteiger partial charge in [0.05, 0.1) is 21.9 Å². The summed E-state index contributed by atoms with van der Waals surface area (Å²) in [6.45, 7) is 0. The average molecular weight is 435 g/mol. The van der Waals surface area contributed by atoms with Crippen LogP contribution in [0, 0.1) is 0 Å². The number of tetrazole rings is 1. The van der Waals surface area contributed by atoms with Crippen molar-refractivity contribution in [1.29, 1.82) is 0 Å². The SMILES string of the molecule is O=C(CCCSc1nnnn1-c1ccccc1)NN=Cc1cccc(Cl)c1Cl. The van der Waals surface area contributed by atoms with Crippen LogP contribution in [0.5, 0.6) is 0 Å². The van der Waals surface area contributed by atoms with E-state index in [9.17, 15) is 4.79 Å². The van der Waals surface area contributed by atoms with Crippen molar-refractivity contribution in [2.75, 3.05) is 5.75 Å². The Hall–Kier alpha value is -2.42. The van der Waals surface area contributed by atoms with Crippen molar-refractivity contribution in [3.63, 3.8) is 0 Å². The first-order valence-electron chi connectivity index (χ1n) is 8.37. The van der Waals surface area contributed by atoms with Gasteiger partial charge in [0.15, 0.2) is 0 Å². The second-order valence-electron chi connectivity index (χ2n) is 5.60. The Morgan fingerprint density at radius 1 is 1.18 bits per heavy atom. The summed E-state index contributed by atoms with van der Waals surface area (Å²) in [6.07, 6.45) is 2.46. The van der Waals surface area contributed by atoms with Crippen LogP contribution in [0.2, 0.25) is 10.0 Å². The lowest BCUT2D eigenvalue weighted by molar-refractivity contribution is -0.121. The first kappa shape index (κ1) is 20.3. The Morgan fingerprint density at radius 2 is 2.00 bits per heavy atom. The van der Waals surface area contributed by atoms with Gasteiger partial charge in [-0.3, -0.25) is 4.79 Å². The lowest BCUT2D eigenvalue weighted by Gasteiger charge is -2.04. The number of aromatic nitrogens is 4. The molecule has 28 heavy (non-hydrogen) atoms. The highest BCUT2D eigenvalue weighted by Gasteiger charge is 2.09. The van der Waals surface area contributed by atoms with Crippen LogP contribution in [0.3, 0.4) is 0 Å². The second-order valence-corrected chi connectivity index (χ2v) is 7.44. The zero-order chi connectivity index (χ0) is 19.8. The minimum Gasteiger partial charge on any atom is -0.273 e. The second kappa shape index (κ2) is 10.2. The van der Waals surface area contributed by atoms with Crippen molar-refractivity contribution in [3.8, 4) is 5.69 Å². The Morgan fingerprint density at radius 3 is 2.82 bits per heavy atom. The van der Waals surface area contributed by atoms with Crippen molar-refractivity contribution in [2.45, 2.75) is 18.0 Å². The molecule has 10 heteroatoms. The van der Waals surface area contributed by atoms with Gasteiger partial charge >= 0.3 is 0 Å². The Labute approximate surface area is 176 Å². The van der Waals surface area contributed by atoms with Crippen LogP contribution in [0.4, 0.5) is 0 Å². The van der Waals surface area contributed by atoms with E-state index in [1.807, 2.05) is 30.3 Å². The van der Waals surface area contributed by atoms with Crippen molar-refractivity contribution < 1.29 is 4.79 Å². The summed E-state index contributed by atoms with van der Waals surface area (Å²) >= 11 is 13.5. The lowest BCUT2D eigenvalue weighted by Crippen LogP contribution is -2.17. The molecule has 0 radical (unpaired) electrons. The molecule has 0 unspecified atom stereocenters. The maximum absolute atomic E-state index is 11.9. The molecular weight excluding hydrogens is 419 g/mol. The van der Waals surface area contributed by atoms with E-state index >= 15 is 0 Å². The Bertz CT molecular complexity index is 964. The van der Waals surface area contributed by atoms with Gasteiger partial charge in [-0.15, -0.1) is 5.10 Å². The summed E-state index contributed by atoms with van der Waals surface area (Å²) in [5.41, 5.74) is 4.01. The van der Waals surface area contributed by atoms with E-state index in [0.29, 0.717) is 39.4 Å². The Balaban J connectivity index is 1.42. The highest BCUT2D eigenvalue weighted by molar-refractivity contribution is 7.99. The number of nitrogens with one attached hydrogen (secondary N) is 1. The van der Waals surface area contributed by atoms with E-state index in [1.54, 1.807) is 22.9 Å². The van der Waals surface area contributed by atoms with Crippen molar-refractivity contribution in [1.82, 2.24) is 25.6 Å². The number of thioether (sulfide) groups is 1. The molecule has 0 aliphatic carbocycles. The number of hydrazone groups is 1. The molecule has 1 N–H and O–H groups in total. The van der Waals surface area contributed by atoms with Gasteiger partial charge in [-0.25, -0.2) is 5.43 Å². The molecule has 7 nitrogen and oxygen atoms in total. The maximum Gasteiger partial charge on any atom is 0.240 e. The molecule has 0 saturated heterocycles. The molecule has 2 aromatic carbocycles. The van der Waals surface area contributed by atoms with Crippen LogP contribution >= 0.6 is 35.0 Å². The molecule has 0 bridgehead atoms. The van der Waals surface area contributed by atoms with Gasteiger partial charge in [-0.2, -0.15) is 9.78 Å². The van der Waals surface area contributed by atoms with Crippen molar-refractivity contribution >= 4 is 47.1 Å². The fourth-order valence-electron chi connectivity index (χ4n) is 2.25. The molecule has 1 heterocycles. The molecule has 3 rings (SSSR count). The number of carbonyl (C=O) groups is 1. The number of hydrogen-bond acceptors (Lipinski definition) is 6. The molecular formula is C18H16Cl2N6OS. The predicted molar refractivity (Wildman–Crippen MR) is 111 cm³/mol. The van der Waals surface area contributed by atoms with E-state index in [0.717, 1.165) is 5.69 Å². The molecule has 3 aromatic rings. The molecule has 0 spiro atoms. The quantitative estimate of drug-likeness (QED) is 0.250. The number of amides is 1. The monoisotopic (exact) mass is 434 g/mol. The summed E-state index contributed by atoms with van der Waals surface area (Å²) in [4.78, 5) is 11.9. The highest BCUT2D eigenvalue weighted by atomic mass is 35.5. The minimum absolute atomic E-state index is 0.183. The standard InChI is InChI=1S/C18H16Cl2N6OS/c19-15-9-4-6-13(17(15)20)12-21-22-16(27)10-5-11-28-18-23-24-25-26(18)14-7-2-1-3-8-14/h1-4,6-9,12H,5,10-11H2,(H,22,27). The predicted octanol–water partition coefficient (Wildman–Crippen LogP) is 3.99. The van der Waals surface area contributed by atoms with Crippen LogP contribution in [-0.4, -0.2) is 38.1 Å². The van der Waals surface area contributed by atoms with Crippen LogP contribution in [0.15, 0.2) is 58.8 Å². The van der Waals surface area contributed by atoms with Crippen LogP contribution < -0.4 is 5.43 Å². The summed E-state index contributed by atoms with van der Waals surface area (Å²) in [5, 5.41) is 17.2. The van der Waals surface area contributed by atoms with E-state index < -0.39 is 0 Å². The molecule has 0 atom stereocenters. The number of hydrogen-bond donors (Lipinski definition) is 1. The molecule has 1 amide bonds. The molecule has 0 fully saturated rings. The van der Waals surface area contributed by atoms with Gasteiger partial charge < -0.3 is 0 Å². The largest absolute Gasteiger partial charge is 0.273 e. The van der Waals surface area contributed by atoms with E-state index in [-0.39, 0.29) is 5.91 Å². The third-order valence-corrected chi connectivity index (χ3v) is 5.43. The molecule has 144 valence electrons. The lowest BCUT2D eigenvalue weighted by atomic mass is 10.2.